The quantitative estimate of drug-likeness (QED) is 0.892. The van der Waals surface area contributed by atoms with Crippen LogP contribution >= 0.6 is 15.9 Å². The summed E-state index contributed by atoms with van der Waals surface area (Å²) in [5.41, 5.74) is 8.76. The highest BCUT2D eigenvalue weighted by Crippen LogP contribution is 2.28. The number of aromatic nitrogens is 1. The minimum absolute atomic E-state index is 0.445. The van der Waals surface area contributed by atoms with E-state index in [9.17, 15) is 0 Å². The van der Waals surface area contributed by atoms with E-state index in [0.29, 0.717) is 17.1 Å². The molecule has 3 N–H and O–H groups in total. The molecule has 0 fully saturated rings. The first-order chi connectivity index (χ1) is 8.60. The number of nitrogen functional groups attached to an aromatic ring is 1. The van der Waals surface area contributed by atoms with Crippen molar-refractivity contribution < 1.29 is 0 Å². The summed E-state index contributed by atoms with van der Waals surface area (Å²) in [6.45, 7) is 2.02. The number of benzene rings is 1. The van der Waals surface area contributed by atoms with Crippen LogP contribution in [0.3, 0.4) is 0 Å². The van der Waals surface area contributed by atoms with Crippen molar-refractivity contribution in [2.75, 3.05) is 11.1 Å². The molecule has 0 spiro atoms. The Balaban J connectivity index is 2.32. The molecular formula is C13H11BrN4. The molecule has 90 valence electrons. The van der Waals surface area contributed by atoms with Gasteiger partial charge in [-0.15, -0.1) is 0 Å². The second-order valence-electron chi connectivity index (χ2n) is 3.88. The lowest BCUT2D eigenvalue weighted by Gasteiger charge is -2.10. The summed E-state index contributed by atoms with van der Waals surface area (Å²) < 4.78 is 0.938. The summed E-state index contributed by atoms with van der Waals surface area (Å²) in [6.07, 6.45) is 1.49. The fraction of sp³-hybridized carbons (Fsp3) is 0.0769. The summed E-state index contributed by atoms with van der Waals surface area (Å²) in [5, 5.41) is 11.9. The van der Waals surface area contributed by atoms with Gasteiger partial charge in [-0.05, 0) is 46.6 Å². The highest BCUT2D eigenvalue weighted by molar-refractivity contribution is 9.10. The molecule has 0 aliphatic rings. The number of pyridine rings is 1. The lowest BCUT2D eigenvalue weighted by molar-refractivity contribution is 1.28. The van der Waals surface area contributed by atoms with Crippen LogP contribution < -0.4 is 11.1 Å². The third-order valence-electron chi connectivity index (χ3n) is 2.42. The monoisotopic (exact) mass is 302 g/mol. The number of nitrogens with zero attached hydrogens (tertiary/aromatic N) is 2. The van der Waals surface area contributed by atoms with E-state index in [-0.39, 0.29) is 0 Å². The normalized spacial score (nSPS) is 9.83. The summed E-state index contributed by atoms with van der Waals surface area (Å²) in [4.78, 5) is 4.13. The number of anilines is 3. The van der Waals surface area contributed by atoms with Crippen LogP contribution in [0, 0.1) is 18.3 Å². The van der Waals surface area contributed by atoms with E-state index in [1.807, 2.05) is 31.2 Å². The van der Waals surface area contributed by atoms with E-state index >= 15 is 0 Å². The maximum Gasteiger partial charge on any atom is 0.153 e. The molecule has 18 heavy (non-hydrogen) atoms. The Morgan fingerprint density at radius 2 is 2.17 bits per heavy atom. The molecule has 0 radical (unpaired) electrons. The molecule has 1 aromatic heterocycles. The maximum absolute atomic E-state index is 8.74. The molecule has 1 aromatic carbocycles. The Hall–Kier alpha value is -2.06. The highest BCUT2D eigenvalue weighted by Gasteiger charge is 2.05. The van der Waals surface area contributed by atoms with Crippen molar-refractivity contribution in [3.8, 4) is 6.07 Å². The van der Waals surface area contributed by atoms with Crippen molar-refractivity contribution in [1.82, 2.24) is 4.98 Å². The van der Waals surface area contributed by atoms with Gasteiger partial charge in [0.2, 0.25) is 0 Å². The van der Waals surface area contributed by atoms with Gasteiger partial charge in [-0.1, -0.05) is 6.07 Å². The molecule has 5 heteroatoms. The smallest absolute Gasteiger partial charge is 0.153 e. The van der Waals surface area contributed by atoms with Crippen molar-refractivity contribution in [3.63, 3.8) is 0 Å². The summed E-state index contributed by atoms with van der Waals surface area (Å²) in [5.74, 6) is 0.540. The van der Waals surface area contributed by atoms with Crippen LogP contribution in [0.1, 0.15) is 11.1 Å². The van der Waals surface area contributed by atoms with Crippen LogP contribution in [0.5, 0.6) is 0 Å². The minimum atomic E-state index is 0.445. The number of nitrogens with one attached hydrogen (secondary N) is 1. The van der Waals surface area contributed by atoms with Gasteiger partial charge in [0, 0.05) is 10.7 Å². The number of rotatable bonds is 2. The Labute approximate surface area is 114 Å². The van der Waals surface area contributed by atoms with Crippen molar-refractivity contribution in [2.24, 2.45) is 0 Å². The van der Waals surface area contributed by atoms with Crippen molar-refractivity contribution in [3.05, 3.63) is 46.1 Å². The molecule has 2 aromatic rings. The molecule has 0 aliphatic heterocycles. The second-order valence-corrected chi connectivity index (χ2v) is 4.74. The largest absolute Gasteiger partial charge is 0.396 e. The predicted octanol–water partition coefficient (Wildman–Crippen LogP) is 3.35. The topological polar surface area (TPSA) is 74.7 Å². The van der Waals surface area contributed by atoms with Gasteiger partial charge in [-0.3, -0.25) is 0 Å². The first kappa shape index (κ1) is 12.4. The van der Waals surface area contributed by atoms with Gasteiger partial charge in [0.25, 0.3) is 0 Å². The molecule has 0 saturated carbocycles. The molecule has 2 rings (SSSR count). The number of aryl methyl sites for hydroxylation is 1. The van der Waals surface area contributed by atoms with E-state index < -0.39 is 0 Å². The van der Waals surface area contributed by atoms with Gasteiger partial charge in [0.15, 0.2) is 5.82 Å². The van der Waals surface area contributed by atoms with Gasteiger partial charge >= 0.3 is 0 Å². The van der Waals surface area contributed by atoms with Crippen LogP contribution in [0.2, 0.25) is 0 Å². The first-order valence-corrected chi connectivity index (χ1v) is 6.08. The van der Waals surface area contributed by atoms with Crippen LogP contribution in [-0.2, 0) is 0 Å². The Bertz CT molecular complexity index is 631. The van der Waals surface area contributed by atoms with Gasteiger partial charge in [0.1, 0.15) is 6.07 Å². The van der Waals surface area contributed by atoms with Gasteiger partial charge in [-0.2, -0.15) is 5.26 Å². The lowest BCUT2D eigenvalue weighted by Crippen LogP contribution is -2.00. The zero-order chi connectivity index (χ0) is 13.1. The molecule has 0 atom stereocenters. The number of hydrogen-bond acceptors (Lipinski definition) is 4. The Morgan fingerprint density at radius 3 is 2.78 bits per heavy atom. The second kappa shape index (κ2) is 5.07. The first-order valence-electron chi connectivity index (χ1n) is 5.29. The number of nitrogens with two attached hydrogens (primary N) is 1. The van der Waals surface area contributed by atoms with Crippen molar-refractivity contribution >= 4 is 33.1 Å². The number of nitriles is 1. The highest BCUT2D eigenvalue weighted by atomic mass is 79.9. The Kier molecular flexibility index (Phi) is 3.49. The standard InChI is InChI=1S/C13H11BrN4/c1-8-2-3-12(10(14)4-8)18-13-11(16)5-9(6-15)7-17-13/h2-5,7H,16H2,1H3,(H,17,18). The summed E-state index contributed by atoms with van der Waals surface area (Å²) >= 11 is 3.47. The van der Waals surface area contributed by atoms with Crippen LogP contribution in [0.15, 0.2) is 34.9 Å². The Morgan fingerprint density at radius 1 is 1.39 bits per heavy atom. The van der Waals surface area contributed by atoms with Crippen LogP contribution in [0.4, 0.5) is 17.2 Å². The van der Waals surface area contributed by atoms with E-state index in [1.165, 1.54) is 6.20 Å². The molecule has 0 bridgehead atoms. The van der Waals surface area contributed by atoms with E-state index in [4.69, 9.17) is 11.0 Å². The van der Waals surface area contributed by atoms with Gasteiger partial charge < -0.3 is 11.1 Å². The molecule has 0 amide bonds. The zero-order valence-electron chi connectivity index (χ0n) is 9.74. The van der Waals surface area contributed by atoms with E-state index in [1.54, 1.807) is 6.07 Å². The fourth-order valence-corrected chi connectivity index (χ4v) is 2.09. The lowest BCUT2D eigenvalue weighted by atomic mass is 10.2. The third kappa shape index (κ3) is 2.60. The van der Waals surface area contributed by atoms with E-state index in [2.05, 4.69) is 26.2 Å². The minimum Gasteiger partial charge on any atom is -0.396 e. The van der Waals surface area contributed by atoms with Crippen LogP contribution in [0.25, 0.3) is 0 Å². The number of halogens is 1. The predicted molar refractivity (Wildman–Crippen MR) is 75.5 cm³/mol. The van der Waals surface area contributed by atoms with Crippen molar-refractivity contribution in [2.45, 2.75) is 6.92 Å². The third-order valence-corrected chi connectivity index (χ3v) is 3.08. The van der Waals surface area contributed by atoms with Gasteiger partial charge in [-0.25, -0.2) is 4.98 Å². The average Bonchev–Trinajstić information content (AvgIpc) is 2.34. The molecular weight excluding hydrogens is 292 g/mol. The molecule has 0 unspecified atom stereocenters. The molecule has 0 aliphatic carbocycles. The van der Waals surface area contributed by atoms with Crippen molar-refractivity contribution in [1.29, 1.82) is 5.26 Å². The molecule has 4 nitrogen and oxygen atoms in total. The van der Waals surface area contributed by atoms with Gasteiger partial charge in [0.05, 0.1) is 16.9 Å². The fourth-order valence-electron chi connectivity index (χ4n) is 1.50. The molecule has 0 saturated heterocycles. The maximum atomic E-state index is 8.74. The summed E-state index contributed by atoms with van der Waals surface area (Å²) in [7, 11) is 0. The zero-order valence-corrected chi connectivity index (χ0v) is 11.3. The average molecular weight is 303 g/mol. The SMILES string of the molecule is Cc1ccc(Nc2ncc(C#N)cc2N)c(Br)c1. The van der Waals surface area contributed by atoms with Crippen LogP contribution in [-0.4, -0.2) is 4.98 Å². The number of hydrogen-bond donors (Lipinski definition) is 2. The summed E-state index contributed by atoms with van der Waals surface area (Å²) in [6, 6.07) is 9.53. The molecule has 1 heterocycles. The van der Waals surface area contributed by atoms with E-state index in [0.717, 1.165) is 15.7 Å².